The Morgan fingerprint density at radius 3 is 2.82 bits per heavy atom. The molecule has 3 heterocycles. The smallest absolute Gasteiger partial charge is 0.223 e. The van der Waals surface area contributed by atoms with Crippen molar-refractivity contribution in [3.8, 4) is 11.3 Å². The van der Waals surface area contributed by atoms with Gasteiger partial charge in [-0.25, -0.2) is 9.97 Å². The van der Waals surface area contributed by atoms with Crippen LogP contribution in [0.3, 0.4) is 0 Å². The molecule has 136 valence electrons. The third-order valence-electron chi connectivity index (χ3n) is 4.97. The van der Waals surface area contributed by atoms with Gasteiger partial charge in [0.05, 0.1) is 17.4 Å². The molecule has 0 aliphatic heterocycles. The molecule has 0 unspecified atom stereocenters. The quantitative estimate of drug-likeness (QED) is 0.468. The first-order valence-electron chi connectivity index (χ1n) is 9.33. The lowest BCUT2D eigenvalue weighted by Gasteiger charge is -2.09. The van der Waals surface area contributed by atoms with Gasteiger partial charge in [-0.15, -0.1) is 0 Å². The van der Waals surface area contributed by atoms with E-state index in [0.29, 0.717) is 5.95 Å². The summed E-state index contributed by atoms with van der Waals surface area (Å²) in [4.78, 5) is 16.5. The predicted octanol–water partition coefficient (Wildman–Crippen LogP) is 4.83. The first-order valence-corrected chi connectivity index (χ1v) is 9.33. The van der Waals surface area contributed by atoms with Crippen molar-refractivity contribution in [2.45, 2.75) is 6.42 Å². The van der Waals surface area contributed by atoms with Crippen molar-refractivity contribution in [2.24, 2.45) is 0 Å². The van der Waals surface area contributed by atoms with Crippen molar-refractivity contribution in [1.29, 1.82) is 0 Å². The number of hydrogen-bond acceptors (Lipinski definition) is 4. The summed E-state index contributed by atoms with van der Waals surface area (Å²) in [5.74, 6) is 0.645. The summed E-state index contributed by atoms with van der Waals surface area (Å²) < 4.78 is 0. The van der Waals surface area contributed by atoms with Gasteiger partial charge in [0.15, 0.2) is 0 Å². The maximum Gasteiger partial charge on any atom is 0.223 e. The number of H-pyrrole nitrogens is 1. The van der Waals surface area contributed by atoms with Crippen LogP contribution >= 0.6 is 0 Å². The van der Waals surface area contributed by atoms with Gasteiger partial charge in [-0.05, 0) is 34.9 Å². The SMILES string of the molecule is c1ccc2c(-c3ccnc(NCCc4c[nH]c5cnccc45)n3)cccc2c1. The van der Waals surface area contributed by atoms with Gasteiger partial charge >= 0.3 is 0 Å². The molecule has 5 aromatic rings. The average Bonchev–Trinajstić information content (AvgIpc) is 3.17. The van der Waals surface area contributed by atoms with E-state index >= 15 is 0 Å². The standard InChI is InChI=1S/C23H19N5/c1-2-6-18-16(4-1)5-3-7-20(18)21-10-13-26-23(28-21)25-12-8-17-14-27-22-15-24-11-9-19(17)22/h1-7,9-11,13-15,27H,8,12H2,(H,25,26,28). The van der Waals surface area contributed by atoms with Crippen molar-refractivity contribution in [1.82, 2.24) is 19.9 Å². The van der Waals surface area contributed by atoms with Crippen LogP contribution in [0.25, 0.3) is 32.9 Å². The van der Waals surface area contributed by atoms with Gasteiger partial charge in [-0.2, -0.15) is 0 Å². The van der Waals surface area contributed by atoms with Gasteiger partial charge in [-0.3, -0.25) is 4.98 Å². The molecule has 2 N–H and O–H groups in total. The van der Waals surface area contributed by atoms with Crippen molar-refractivity contribution in [3.05, 3.63) is 84.9 Å². The minimum atomic E-state index is 0.645. The van der Waals surface area contributed by atoms with Crippen LogP contribution in [0.1, 0.15) is 5.56 Å². The van der Waals surface area contributed by atoms with E-state index in [-0.39, 0.29) is 0 Å². The monoisotopic (exact) mass is 365 g/mol. The summed E-state index contributed by atoms with van der Waals surface area (Å²) in [6, 6.07) is 18.7. The van der Waals surface area contributed by atoms with E-state index in [0.717, 1.165) is 29.7 Å². The van der Waals surface area contributed by atoms with Crippen molar-refractivity contribution in [2.75, 3.05) is 11.9 Å². The van der Waals surface area contributed by atoms with Gasteiger partial charge in [0.1, 0.15) is 0 Å². The molecule has 0 atom stereocenters. The van der Waals surface area contributed by atoms with E-state index in [1.54, 1.807) is 0 Å². The fourth-order valence-corrected chi connectivity index (χ4v) is 3.59. The number of pyridine rings is 1. The second-order valence-electron chi connectivity index (χ2n) is 6.70. The van der Waals surface area contributed by atoms with Gasteiger partial charge in [0, 0.05) is 36.1 Å². The zero-order valence-electron chi connectivity index (χ0n) is 15.3. The Morgan fingerprint density at radius 1 is 0.893 bits per heavy atom. The molecule has 2 aromatic carbocycles. The Hall–Kier alpha value is -3.73. The third kappa shape index (κ3) is 3.07. The number of rotatable bonds is 5. The number of benzene rings is 2. The fraction of sp³-hybridized carbons (Fsp3) is 0.0870. The number of anilines is 1. The van der Waals surface area contributed by atoms with Crippen LogP contribution in [0.15, 0.2) is 79.4 Å². The summed E-state index contributed by atoms with van der Waals surface area (Å²) in [5, 5.41) is 6.97. The normalized spacial score (nSPS) is 11.1. The Labute approximate surface area is 162 Å². The summed E-state index contributed by atoms with van der Waals surface area (Å²) in [6.45, 7) is 0.758. The third-order valence-corrected chi connectivity index (χ3v) is 4.97. The van der Waals surface area contributed by atoms with Gasteiger partial charge < -0.3 is 10.3 Å². The predicted molar refractivity (Wildman–Crippen MR) is 113 cm³/mol. The number of fused-ring (bicyclic) bond motifs is 2. The highest BCUT2D eigenvalue weighted by Gasteiger charge is 2.07. The van der Waals surface area contributed by atoms with E-state index in [4.69, 9.17) is 4.98 Å². The minimum absolute atomic E-state index is 0.645. The molecular formula is C23H19N5. The van der Waals surface area contributed by atoms with Crippen LogP contribution in [0, 0.1) is 0 Å². The maximum absolute atomic E-state index is 4.73. The van der Waals surface area contributed by atoms with Crippen LogP contribution < -0.4 is 5.32 Å². The van der Waals surface area contributed by atoms with E-state index in [9.17, 15) is 0 Å². The Balaban J connectivity index is 1.36. The number of nitrogens with one attached hydrogen (secondary N) is 2. The lowest BCUT2D eigenvalue weighted by atomic mass is 10.0. The Morgan fingerprint density at radius 2 is 1.82 bits per heavy atom. The summed E-state index contributed by atoms with van der Waals surface area (Å²) in [5.41, 5.74) is 4.36. The highest BCUT2D eigenvalue weighted by Crippen LogP contribution is 2.27. The molecule has 5 rings (SSSR count). The Bertz CT molecular complexity index is 1250. The molecule has 0 fully saturated rings. The first kappa shape index (κ1) is 16.4. The highest BCUT2D eigenvalue weighted by atomic mass is 15.1. The number of hydrogen-bond donors (Lipinski definition) is 2. The molecule has 28 heavy (non-hydrogen) atoms. The molecule has 0 radical (unpaired) electrons. The molecule has 0 aliphatic rings. The topological polar surface area (TPSA) is 66.5 Å². The zero-order valence-corrected chi connectivity index (χ0v) is 15.3. The van der Waals surface area contributed by atoms with E-state index < -0.39 is 0 Å². The molecule has 0 amide bonds. The van der Waals surface area contributed by atoms with Crippen LogP contribution in [0.2, 0.25) is 0 Å². The minimum Gasteiger partial charge on any atom is -0.360 e. The average molecular weight is 365 g/mol. The molecule has 0 spiro atoms. The van der Waals surface area contributed by atoms with Crippen molar-refractivity contribution in [3.63, 3.8) is 0 Å². The number of aromatic nitrogens is 4. The summed E-state index contributed by atoms with van der Waals surface area (Å²) in [6.07, 6.45) is 8.41. The second kappa shape index (κ2) is 7.12. The zero-order chi connectivity index (χ0) is 18.8. The van der Waals surface area contributed by atoms with Crippen molar-refractivity contribution < 1.29 is 0 Å². The van der Waals surface area contributed by atoms with E-state index in [1.807, 2.05) is 36.9 Å². The molecule has 5 heteroatoms. The van der Waals surface area contributed by atoms with Crippen LogP contribution in [-0.2, 0) is 6.42 Å². The molecule has 0 aliphatic carbocycles. The van der Waals surface area contributed by atoms with Crippen LogP contribution in [-0.4, -0.2) is 26.5 Å². The van der Waals surface area contributed by atoms with Crippen molar-refractivity contribution >= 4 is 27.6 Å². The maximum atomic E-state index is 4.73. The Kier molecular flexibility index (Phi) is 4.18. The molecule has 0 saturated carbocycles. The highest BCUT2D eigenvalue weighted by molar-refractivity contribution is 5.95. The second-order valence-corrected chi connectivity index (χ2v) is 6.70. The fourth-order valence-electron chi connectivity index (χ4n) is 3.59. The first-order chi connectivity index (χ1) is 13.9. The van der Waals surface area contributed by atoms with E-state index in [1.165, 1.54) is 21.7 Å². The molecule has 0 bridgehead atoms. The molecule has 0 saturated heterocycles. The number of aromatic amines is 1. The van der Waals surface area contributed by atoms with Gasteiger partial charge in [-0.1, -0.05) is 42.5 Å². The van der Waals surface area contributed by atoms with E-state index in [2.05, 4.69) is 62.7 Å². The van der Waals surface area contributed by atoms with Crippen LogP contribution in [0.5, 0.6) is 0 Å². The molecule has 3 aromatic heterocycles. The molecular weight excluding hydrogens is 346 g/mol. The lowest BCUT2D eigenvalue weighted by Crippen LogP contribution is -2.08. The lowest BCUT2D eigenvalue weighted by molar-refractivity contribution is 0.991. The van der Waals surface area contributed by atoms with Crippen LogP contribution in [0.4, 0.5) is 5.95 Å². The van der Waals surface area contributed by atoms with Gasteiger partial charge in [0.2, 0.25) is 5.95 Å². The largest absolute Gasteiger partial charge is 0.360 e. The number of nitrogens with zero attached hydrogens (tertiary/aromatic N) is 3. The van der Waals surface area contributed by atoms with Gasteiger partial charge in [0.25, 0.3) is 0 Å². The molecule has 5 nitrogen and oxygen atoms in total. The summed E-state index contributed by atoms with van der Waals surface area (Å²) >= 11 is 0. The summed E-state index contributed by atoms with van der Waals surface area (Å²) in [7, 11) is 0.